The Kier molecular flexibility index (Phi) is 3.55. The van der Waals surface area contributed by atoms with Gasteiger partial charge in [0.15, 0.2) is 5.65 Å². The molecule has 1 fully saturated rings. The zero-order valence-electron chi connectivity index (χ0n) is 13.3. The summed E-state index contributed by atoms with van der Waals surface area (Å²) in [4.78, 5) is 19.3. The summed E-state index contributed by atoms with van der Waals surface area (Å²) in [6, 6.07) is 6.94. The predicted octanol–water partition coefficient (Wildman–Crippen LogP) is 2.54. The van der Waals surface area contributed by atoms with E-state index in [1.54, 1.807) is 11.7 Å². The van der Waals surface area contributed by atoms with Gasteiger partial charge in [0, 0.05) is 13.1 Å². The van der Waals surface area contributed by atoms with Crippen molar-refractivity contribution in [1.29, 1.82) is 0 Å². The van der Waals surface area contributed by atoms with Gasteiger partial charge in [0.2, 0.25) is 5.95 Å². The summed E-state index contributed by atoms with van der Waals surface area (Å²) in [5.74, 6) is 0.661. The molecule has 3 aromatic rings. The van der Waals surface area contributed by atoms with Crippen molar-refractivity contribution in [3.8, 4) is 0 Å². The van der Waals surface area contributed by atoms with E-state index >= 15 is 0 Å². The van der Waals surface area contributed by atoms with E-state index in [9.17, 15) is 9.18 Å². The Morgan fingerprint density at radius 1 is 1.29 bits per heavy atom. The standard InChI is InChI=1S/C17H18FN5O/c1-23-15-14(9-19-23)16(24)22-17(21-15)20-13-7-4-11(8-13)10-2-5-12(18)6-3-10/h2-3,5-6,9,11,13H,4,7-8H2,1H3,(H2,20,21,22,24)/t11-,13-/m1/s1. The number of aromatic nitrogens is 4. The first-order chi connectivity index (χ1) is 11.6. The number of hydrogen-bond donors (Lipinski definition) is 2. The van der Waals surface area contributed by atoms with E-state index in [1.165, 1.54) is 18.3 Å². The zero-order chi connectivity index (χ0) is 16.7. The minimum atomic E-state index is -0.210. The first-order valence-electron chi connectivity index (χ1n) is 8.04. The lowest BCUT2D eigenvalue weighted by molar-refractivity contribution is 0.624. The summed E-state index contributed by atoms with van der Waals surface area (Å²) >= 11 is 0. The number of benzene rings is 1. The van der Waals surface area contributed by atoms with Crippen LogP contribution < -0.4 is 10.9 Å². The smallest absolute Gasteiger partial charge is 0.263 e. The Morgan fingerprint density at radius 2 is 2.08 bits per heavy atom. The summed E-state index contributed by atoms with van der Waals surface area (Å²) in [5.41, 5.74) is 1.53. The topological polar surface area (TPSA) is 75.6 Å². The number of aryl methyl sites for hydroxylation is 1. The van der Waals surface area contributed by atoms with Crippen LogP contribution in [0.5, 0.6) is 0 Å². The van der Waals surface area contributed by atoms with Crippen LogP contribution in [0.4, 0.5) is 10.3 Å². The van der Waals surface area contributed by atoms with Gasteiger partial charge in [0.05, 0.1) is 6.20 Å². The molecule has 4 rings (SSSR count). The van der Waals surface area contributed by atoms with Gasteiger partial charge in [-0.1, -0.05) is 12.1 Å². The van der Waals surface area contributed by atoms with Gasteiger partial charge in [-0.2, -0.15) is 10.1 Å². The van der Waals surface area contributed by atoms with Gasteiger partial charge < -0.3 is 5.32 Å². The maximum Gasteiger partial charge on any atom is 0.263 e. The zero-order valence-corrected chi connectivity index (χ0v) is 13.3. The van der Waals surface area contributed by atoms with Gasteiger partial charge in [0.25, 0.3) is 5.56 Å². The summed E-state index contributed by atoms with van der Waals surface area (Å²) < 4.78 is 14.6. The van der Waals surface area contributed by atoms with E-state index in [4.69, 9.17) is 0 Å². The van der Waals surface area contributed by atoms with Crippen molar-refractivity contribution in [2.75, 3.05) is 5.32 Å². The molecule has 6 nitrogen and oxygen atoms in total. The highest BCUT2D eigenvalue weighted by atomic mass is 19.1. The number of H-pyrrole nitrogens is 1. The minimum absolute atomic E-state index is 0.191. The van der Waals surface area contributed by atoms with Crippen molar-refractivity contribution in [2.45, 2.75) is 31.2 Å². The Morgan fingerprint density at radius 3 is 2.88 bits per heavy atom. The molecule has 2 aromatic heterocycles. The highest BCUT2D eigenvalue weighted by molar-refractivity contribution is 5.74. The molecule has 7 heteroatoms. The molecular formula is C17H18FN5O. The van der Waals surface area contributed by atoms with Gasteiger partial charge in [-0.3, -0.25) is 14.5 Å². The summed E-state index contributed by atoms with van der Waals surface area (Å²) in [5, 5.41) is 7.87. The first-order valence-corrected chi connectivity index (χ1v) is 8.04. The Balaban J connectivity index is 1.51. The maximum atomic E-state index is 13.0. The average Bonchev–Trinajstić information content (AvgIpc) is 3.16. The number of hydrogen-bond acceptors (Lipinski definition) is 4. The van der Waals surface area contributed by atoms with Crippen LogP contribution in [0.25, 0.3) is 11.0 Å². The molecule has 2 heterocycles. The van der Waals surface area contributed by atoms with Crippen LogP contribution in [-0.4, -0.2) is 25.8 Å². The summed E-state index contributed by atoms with van der Waals surface area (Å²) in [7, 11) is 1.76. The van der Waals surface area contributed by atoms with Crippen LogP contribution in [0.15, 0.2) is 35.3 Å². The van der Waals surface area contributed by atoms with Gasteiger partial charge in [-0.15, -0.1) is 0 Å². The molecule has 124 valence electrons. The van der Waals surface area contributed by atoms with Gasteiger partial charge in [-0.05, 0) is 42.9 Å². The number of halogens is 1. The van der Waals surface area contributed by atoms with E-state index in [2.05, 4.69) is 20.4 Å². The quantitative estimate of drug-likeness (QED) is 0.775. The third-order valence-corrected chi connectivity index (χ3v) is 4.72. The normalized spacial score (nSPS) is 20.6. The predicted molar refractivity (Wildman–Crippen MR) is 89.5 cm³/mol. The lowest BCUT2D eigenvalue weighted by Gasteiger charge is -2.14. The second-order valence-corrected chi connectivity index (χ2v) is 6.32. The van der Waals surface area contributed by atoms with Crippen LogP contribution in [-0.2, 0) is 7.05 Å². The van der Waals surface area contributed by atoms with E-state index in [-0.39, 0.29) is 17.4 Å². The molecule has 0 aliphatic heterocycles. The fourth-order valence-electron chi connectivity index (χ4n) is 3.44. The van der Waals surface area contributed by atoms with Crippen LogP contribution >= 0.6 is 0 Å². The Bertz CT molecular complexity index is 930. The fourth-order valence-corrected chi connectivity index (χ4v) is 3.44. The van der Waals surface area contributed by atoms with E-state index in [1.807, 2.05) is 12.1 Å². The molecule has 0 bridgehead atoms. The lowest BCUT2D eigenvalue weighted by Crippen LogP contribution is -2.20. The molecule has 2 atom stereocenters. The number of anilines is 1. The molecule has 2 N–H and O–H groups in total. The molecule has 24 heavy (non-hydrogen) atoms. The molecule has 0 unspecified atom stereocenters. The molecule has 1 aromatic carbocycles. The minimum Gasteiger partial charge on any atom is -0.353 e. The highest BCUT2D eigenvalue weighted by Gasteiger charge is 2.26. The average molecular weight is 327 g/mol. The van der Waals surface area contributed by atoms with Crippen molar-refractivity contribution >= 4 is 17.0 Å². The molecular weight excluding hydrogens is 309 g/mol. The molecule has 0 amide bonds. The summed E-state index contributed by atoms with van der Waals surface area (Å²) in [6.07, 6.45) is 4.46. The van der Waals surface area contributed by atoms with Crippen molar-refractivity contribution in [1.82, 2.24) is 19.7 Å². The van der Waals surface area contributed by atoms with Crippen molar-refractivity contribution < 1.29 is 4.39 Å². The fraction of sp³-hybridized carbons (Fsp3) is 0.353. The number of nitrogens with zero attached hydrogens (tertiary/aromatic N) is 3. The largest absolute Gasteiger partial charge is 0.353 e. The van der Waals surface area contributed by atoms with Crippen molar-refractivity contribution in [3.05, 3.63) is 52.2 Å². The molecule has 0 saturated heterocycles. The number of fused-ring (bicyclic) bond motifs is 1. The second kappa shape index (κ2) is 5.74. The molecule has 0 spiro atoms. The van der Waals surface area contributed by atoms with E-state index in [0.717, 1.165) is 24.8 Å². The summed E-state index contributed by atoms with van der Waals surface area (Å²) in [6.45, 7) is 0. The maximum absolute atomic E-state index is 13.0. The van der Waals surface area contributed by atoms with Crippen LogP contribution in [0.3, 0.4) is 0 Å². The van der Waals surface area contributed by atoms with Gasteiger partial charge in [0.1, 0.15) is 11.2 Å². The van der Waals surface area contributed by atoms with Crippen LogP contribution in [0.2, 0.25) is 0 Å². The molecule has 0 radical (unpaired) electrons. The van der Waals surface area contributed by atoms with Crippen LogP contribution in [0, 0.1) is 5.82 Å². The van der Waals surface area contributed by atoms with Crippen LogP contribution in [0.1, 0.15) is 30.7 Å². The van der Waals surface area contributed by atoms with Crippen molar-refractivity contribution in [3.63, 3.8) is 0 Å². The van der Waals surface area contributed by atoms with Gasteiger partial charge >= 0.3 is 0 Å². The van der Waals surface area contributed by atoms with Gasteiger partial charge in [-0.25, -0.2) is 4.39 Å². The van der Waals surface area contributed by atoms with E-state index in [0.29, 0.717) is 22.9 Å². The Hall–Kier alpha value is -2.70. The Labute approximate surface area is 137 Å². The number of aromatic amines is 1. The number of rotatable bonds is 3. The second-order valence-electron chi connectivity index (χ2n) is 6.32. The molecule has 1 saturated carbocycles. The van der Waals surface area contributed by atoms with E-state index < -0.39 is 0 Å². The van der Waals surface area contributed by atoms with Crippen molar-refractivity contribution in [2.24, 2.45) is 7.05 Å². The third kappa shape index (κ3) is 2.66. The first kappa shape index (κ1) is 14.9. The molecule has 1 aliphatic carbocycles. The highest BCUT2D eigenvalue weighted by Crippen LogP contribution is 2.35. The third-order valence-electron chi connectivity index (χ3n) is 4.72. The lowest BCUT2D eigenvalue weighted by atomic mass is 9.97. The molecule has 1 aliphatic rings. The SMILES string of the molecule is Cn1ncc2c(=O)[nH]c(N[C@@H]3CC[C@@H](c4ccc(F)cc4)C3)nc21. The monoisotopic (exact) mass is 327 g/mol. The number of nitrogens with one attached hydrogen (secondary N) is 2.